The zero-order chi connectivity index (χ0) is 33.8. The number of piperazine rings is 1. The largest absolute Gasteiger partial charge is 0.447 e. The number of hydrogen-bond donors (Lipinski definition) is 0. The van der Waals surface area contributed by atoms with Crippen LogP contribution < -0.4 is 0 Å². The van der Waals surface area contributed by atoms with Crippen LogP contribution in [-0.4, -0.2) is 79.6 Å². The molecule has 3 heterocycles. The Bertz CT molecular complexity index is 1690. The number of benzene rings is 2. The maximum atomic E-state index is 14.8. The van der Waals surface area contributed by atoms with E-state index in [0.717, 1.165) is 58.4 Å². The standard InChI is InChI=1S/C37H42BrClN6O3/c1-25(2)48-37(47)45-17-16-43(35-32-13-12-31(39)19-28(32)10-11-29-18-30(38)20-40-34(29)35)23-33(45)36(46)44(22-27-8-5-4-6-9-27)15-7-14-42-21-26(3)41-24-42/h4-6,8-9,12-13,18-21,24-25,33,35H,7,10-11,14-17,22-23H2,1-3H3/t33-,35-/m1/s1. The van der Waals surface area contributed by atoms with Crippen molar-refractivity contribution in [3.8, 4) is 0 Å². The monoisotopic (exact) mass is 732 g/mol. The number of hydrogen-bond acceptors (Lipinski definition) is 6. The van der Waals surface area contributed by atoms with Gasteiger partial charge >= 0.3 is 6.09 Å². The molecule has 0 bridgehead atoms. The Morgan fingerprint density at radius 3 is 2.60 bits per heavy atom. The quantitative estimate of drug-likeness (QED) is 0.188. The number of carbonyl (C=O) groups excluding carboxylic acids is 2. The first-order valence-corrected chi connectivity index (χ1v) is 17.8. The molecule has 1 saturated heterocycles. The highest BCUT2D eigenvalue weighted by Crippen LogP contribution is 2.39. The second kappa shape index (κ2) is 15.2. The van der Waals surface area contributed by atoms with Gasteiger partial charge in [-0.05, 0) is 96.4 Å². The summed E-state index contributed by atoms with van der Waals surface area (Å²) in [7, 11) is 0. The normalized spacial score (nSPS) is 17.8. The molecule has 6 rings (SSSR count). The molecule has 0 unspecified atom stereocenters. The predicted octanol–water partition coefficient (Wildman–Crippen LogP) is 6.84. The van der Waals surface area contributed by atoms with Gasteiger partial charge in [-0.25, -0.2) is 9.78 Å². The molecule has 0 spiro atoms. The number of aryl methyl sites for hydroxylation is 4. The summed E-state index contributed by atoms with van der Waals surface area (Å²) in [6.07, 6.45) is 7.31. The van der Waals surface area contributed by atoms with E-state index < -0.39 is 12.1 Å². The summed E-state index contributed by atoms with van der Waals surface area (Å²) in [5.74, 6) is -0.0972. The number of ether oxygens (including phenoxy) is 1. The second-order valence-corrected chi connectivity index (χ2v) is 14.3. The number of halogens is 2. The number of nitrogens with zero attached hydrogens (tertiary/aromatic N) is 6. The van der Waals surface area contributed by atoms with Gasteiger partial charge in [-0.2, -0.15) is 0 Å². The average Bonchev–Trinajstić information content (AvgIpc) is 3.42. The third-order valence-electron chi connectivity index (χ3n) is 9.06. The van der Waals surface area contributed by atoms with E-state index in [2.05, 4.69) is 37.9 Å². The Morgan fingerprint density at radius 2 is 1.85 bits per heavy atom. The van der Waals surface area contributed by atoms with Crippen LogP contribution in [0.25, 0.3) is 0 Å². The topological polar surface area (TPSA) is 83.8 Å². The van der Waals surface area contributed by atoms with E-state index in [1.165, 1.54) is 5.56 Å². The van der Waals surface area contributed by atoms with E-state index in [4.69, 9.17) is 21.3 Å². The lowest BCUT2D eigenvalue weighted by molar-refractivity contribution is -0.140. The third-order valence-corrected chi connectivity index (χ3v) is 9.73. The summed E-state index contributed by atoms with van der Waals surface area (Å²) in [6, 6.07) is 17.3. The van der Waals surface area contributed by atoms with Crippen LogP contribution in [0.2, 0.25) is 5.02 Å². The number of carbonyl (C=O) groups is 2. The van der Waals surface area contributed by atoms with E-state index in [1.54, 1.807) is 4.90 Å². The first kappa shape index (κ1) is 34.1. The van der Waals surface area contributed by atoms with Gasteiger partial charge in [0.25, 0.3) is 0 Å². The molecule has 2 aliphatic rings. The highest BCUT2D eigenvalue weighted by atomic mass is 79.9. The van der Waals surface area contributed by atoms with E-state index in [1.807, 2.05) is 91.4 Å². The third kappa shape index (κ3) is 7.93. The van der Waals surface area contributed by atoms with Crippen LogP contribution in [0.1, 0.15) is 60.0 Å². The van der Waals surface area contributed by atoms with Gasteiger partial charge in [0.15, 0.2) is 0 Å². The summed E-state index contributed by atoms with van der Waals surface area (Å²) >= 11 is 10.1. The number of imidazole rings is 1. The maximum Gasteiger partial charge on any atom is 0.410 e. The van der Waals surface area contributed by atoms with Crippen LogP contribution in [0.5, 0.6) is 0 Å². The molecule has 9 nitrogen and oxygen atoms in total. The van der Waals surface area contributed by atoms with E-state index in [0.29, 0.717) is 37.7 Å². The zero-order valence-electron chi connectivity index (χ0n) is 27.7. The van der Waals surface area contributed by atoms with E-state index >= 15 is 0 Å². The van der Waals surface area contributed by atoms with Gasteiger partial charge in [0, 0.05) is 61.2 Å². The van der Waals surface area contributed by atoms with Gasteiger partial charge in [0.1, 0.15) is 6.04 Å². The fourth-order valence-electron chi connectivity index (χ4n) is 6.84. The molecule has 2 aromatic carbocycles. The minimum Gasteiger partial charge on any atom is -0.447 e. The molecule has 0 N–H and O–H groups in total. The van der Waals surface area contributed by atoms with Gasteiger partial charge in [0.05, 0.1) is 29.9 Å². The highest BCUT2D eigenvalue weighted by molar-refractivity contribution is 9.10. The van der Waals surface area contributed by atoms with Gasteiger partial charge < -0.3 is 14.2 Å². The lowest BCUT2D eigenvalue weighted by Crippen LogP contribution is -2.62. The fourth-order valence-corrected chi connectivity index (χ4v) is 7.41. The van der Waals surface area contributed by atoms with Crippen molar-refractivity contribution < 1.29 is 14.3 Å². The van der Waals surface area contributed by atoms with Gasteiger partial charge in [-0.1, -0.05) is 48.0 Å². The number of amides is 2. The van der Waals surface area contributed by atoms with Gasteiger partial charge in [-0.3, -0.25) is 19.6 Å². The summed E-state index contributed by atoms with van der Waals surface area (Å²) < 4.78 is 8.68. The molecule has 11 heteroatoms. The minimum atomic E-state index is -0.748. The summed E-state index contributed by atoms with van der Waals surface area (Å²) in [5.41, 5.74) is 6.43. The molecular formula is C37H42BrClN6O3. The number of fused-ring (bicyclic) bond motifs is 2. The molecule has 2 amide bonds. The molecular weight excluding hydrogens is 692 g/mol. The van der Waals surface area contributed by atoms with Crippen molar-refractivity contribution in [1.82, 2.24) is 29.2 Å². The van der Waals surface area contributed by atoms with Crippen molar-refractivity contribution in [2.45, 2.75) is 71.3 Å². The molecule has 48 heavy (non-hydrogen) atoms. The van der Waals surface area contributed by atoms with Gasteiger partial charge in [-0.15, -0.1) is 0 Å². The van der Waals surface area contributed by atoms with Crippen molar-refractivity contribution in [2.24, 2.45) is 0 Å². The Kier molecular flexibility index (Phi) is 10.8. The van der Waals surface area contributed by atoms with Crippen molar-refractivity contribution in [2.75, 3.05) is 26.2 Å². The fraction of sp³-hybridized carbons (Fsp3) is 0.405. The number of pyridine rings is 1. The summed E-state index contributed by atoms with van der Waals surface area (Å²) in [6.45, 7) is 8.57. The second-order valence-electron chi connectivity index (χ2n) is 12.9. The molecule has 2 atom stereocenters. The molecule has 0 radical (unpaired) electrons. The Labute approximate surface area is 296 Å². The molecule has 1 aliphatic heterocycles. The van der Waals surface area contributed by atoms with Crippen molar-refractivity contribution >= 4 is 39.5 Å². The van der Waals surface area contributed by atoms with Crippen LogP contribution in [0.15, 0.2) is 77.8 Å². The SMILES string of the molecule is Cc1cn(CCCN(Cc2ccccc2)C(=O)[C@H]2CN([C@@H]3c4ccc(Cl)cc4CCc4cc(Br)cnc43)CCN2C(=O)OC(C)C)cn1. The molecule has 252 valence electrons. The zero-order valence-corrected chi connectivity index (χ0v) is 30.0. The molecule has 1 aliphatic carbocycles. The lowest BCUT2D eigenvalue weighted by Gasteiger charge is -2.44. The highest BCUT2D eigenvalue weighted by Gasteiger charge is 2.42. The van der Waals surface area contributed by atoms with Crippen LogP contribution in [0.3, 0.4) is 0 Å². The summed E-state index contributed by atoms with van der Waals surface area (Å²) in [4.78, 5) is 43.5. The minimum absolute atomic E-state index is 0.0972. The van der Waals surface area contributed by atoms with Crippen LogP contribution >= 0.6 is 27.5 Å². The molecule has 0 saturated carbocycles. The van der Waals surface area contributed by atoms with Crippen molar-refractivity contribution in [1.29, 1.82) is 0 Å². The van der Waals surface area contributed by atoms with Crippen molar-refractivity contribution in [3.05, 3.63) is 116 Å². The first-order chi connectivity index (χ1) is 23.2. The Morgan fingerprint density at radius 1 is 1.06 bits per heavy atom. The number of aromatic nitrogens is 3. The maximum absolute atomic E-state index is 14.8. The average molecular weight is 734 g/mol. The molecule has 4 aromatic rings. The van der Waals surface area contributed by atoms with E-state index in [-0.39, 0.29) is 18.1 Å². The predicted molar refractivity (Wildman–Crippen MR) is 190 cm³/mol. The van der Waals surface area contributed by atoms with Gasteiger partial charge in [0.2, 0.25) is 5.91 Å². The number of rotatable bonds is 9. The smallest absolute Gasteiger partial charge is 0.410 e. The first-order valence-electron chi connectivity index (χ1n) is 16.6. The lowest BCUT2D eigenvalue weighted by atomic mass is 9.95. The summed E-state index contributed by atoms with van der Waals surface area (Å²) in [5, 5.41) is 0.698. The van der Waals surface area contributed by atoms with Crippen LogP contribution in [-0.2, 0) is 35.5 Å². The van der Waals surface area contributed by atoms with Crippen molar-refractivity contribution in [3.63, 3.8) is 0 Å². The Balaban J connectivity index is 1.34. The Hall–Kier alpha value is -3.73. The van der Waals surface area contributed by atoms with E-state index in [9.17, 15) is 9.59 Å². The van der Waals surface area contributed by atoms with Crippen LogP contribution in [0, 0.1) is 6.92 Å². The molecule has 2 aromatic heterocycles. The molecule has 1 fully saturated rings. The van der Waals surface area contributed by atoms with Crippen LogP contribution in [0.4, 0.5) is 4.79 Å².